The van der Waals surface area contributed by atoms with Gasteiger partial charge >= 0.3 is 11.9 Å². The molecule has 0 saturated carbocycles. The van der Waals surface area contributed by atoms with Gasteiger partial charge in [0.25, 0.3) is 0 Å². The van der Waals surface area contributed by atoms with Crippen LogP contribution in [0.15, 0.2) is 42.9 Å². The Bertz CT molecular complexity index is 887. The molecule has 7 N–H and O–H groups in total. The molecule has 2 amide bonds. The number of aromatic nitrogens is 2. The molecular weight excluding hydrogens is 406 g/mol. The molecule has 31 heavy (non-hydrogen) atoms. The Labute approximate surface area is 178 Å². The van der Waals surface area contributed by atoms with Gasteiger partial charge in [-0.1, -0.05) is 30.3 Å². The molecular formula is C20H25N5O6. The minimum absolute atomic E-state index is 0.0226. The first-order valence-corrected chi connectivity index (χ1v) is 9.58. The fourth-order valence-corrected chi connectivity index (χ4v) is 2.84. The third kappa shape index (κ3) is 7.90. The van der Waals surface area contributed by atoms with Gasteiger partial charge in [-0.2, -0.15) is 0 Å². The van der Waals surface area contributed by atoms with E-state index in [0.29, 0.717) is 5.69 Å². The zero-order chi connectivity index (χ0) is 22.8. The van der Waals surface area contributed by atoms with E-state index in [1.165, 1.54) is 12.5 Å². The molecule has 3 atom stereocenters. The highest BCUT2D eigenvalue weighted by atomic mass is 16.4. The maximum atomic E-state index is 12.9. The Morgan fingerprint density at radius 2 is 1.68 bits per heavy atom. The predicted molar refractivity (Wildman–Crippen MR) is 109 cm³/mol. The SMILES string of the molecule is NC(CCC(=O)O)C(=O)NC(Cc1ccccc1)C(=O)NC(Cc1cnc[nH]1)C(=O)O. The number of aliphatic carboxylic acids is 2. The largest absolute Gasteiger partial charge is 0.481 e. The second-order valence-electron chi connectivity index (χ2n) is 6.97. The smallest absolute Gasteiger partial charge is 0.326 e. The second-order valence-corrected chi connectivity index (χ2v) is 6.97. The fraction of sp³-hybridized carbons (Fsp3) is 0.350. The molecule has 0 aliphatic carbocycles. The summed E-state index contributed by atoms with van der Waals surface area (Å²) >= 11 is 0. The highest BCUT2D eigenvalue weighted by Crippen LogP contribution is 2.06. The first-order chi connectivity index (χ1) is 14.8. The van der Waals surface area contributed by atoms with Crippen molar-refractivity contribution < 1.29 is 29.4 Å². The zero-order valence-corrected chi connectivity index (χ0v) is 16.7. The van der Waals surface area contributed by atoms with Crippen LogP contribution >= 0.6 is 0 Å². The summed E-state index contributed by atoms with van der Waals surface area (Å²) < 4.78 is 0. The van der Waals surface area contributed by atoms with Crippen molar-refractivity contribution in [1.29, 1.82) is 0 Å². The van der Waals surface area contributed by atoms with Crippen molar-refractivity contribution in [2.24, 2.45) is 5.73 Å². The van der Waals surface area contributed by atoms with Crippen LogP contribution in [0.4, 0.5) is 0 Å². The van der Waals surface area contributed by atoms with Crippen LogP contribution in [0.3, 0.4) is 0 Å². The van der Waals surface area contributed by atoms with Gasteiger partial charge in [0, 0.05) is 31.2 Å². The molecule has 0 fully saturated rings. The second kappa shape index (κ2) is 11.5. The number of benzene rings is 1. The third-order valence-corrected chi connectivity index (χ3v) is 4.52. The predicted octanol–water partition coefficient (Wildman–Crippen LogP) is -0.559. The number of hydrogen-bond donors (Lipinski definition) is 6. The van der Waals surface area contributed by atoms with E-state index in [-0.39, 0.29) is 25.7 Å². The van der Waals surface area contributed by atoms with Crippen molar-refractivity contribution in [3.63, 3.8) is 0 Å². The van der Waals surface area contributed by atoms with Crippen molar-refractivity contribution in [1.82, 2.24) is 20.6 Å². The summed E-state index contributed by atoms with van der Waals surface area (Å²) in [5.41, 5.74) is 6.99. The molecule has 2 aromatic rings. The first kappa shape index (κ1) is 23.5. The summed E-state index contributed by atoms with van der Waals surface area (Å²) in [6.07, 6.45) is 2.53. The number of H-pyrrole nitrogens is 1. The molecule has 0 bridgehead atoms. The van der Waals surface area contributed by atoms with Gasteiger partial charge in [0.05, 0.1) is 12.4 Å². The lowest BCUT2D eigenvalue weighted by Crippen LogP contribution is -2.55. The van der Waals surface area contributed by atoms with Crippen LogP contribution in [0.25, 0.3) is 0 Å². The number of carbonyl (C=O) groups excluding carboxylic acids is 2. The Balaban J connectivity index is 2.11. The number of rotatable bonds is 12. The molecule has 1 aromatic heterocycles. The molecule has 1 aromatic carbocycles. The lowest BCUT2D eigenvalue weighted by atomic mass is 10.0. The Morgan fingerprint density at radius 3 is 2.26 bits per heavy atom. The van der Waals surface area contributed by atoms with Gasteiger partial charge in [-0.3, -0.25) is 14.4 Å². The van der Waals surface area contributed by atoms with Gasteiger partial charge < -0.3 is 31.6 Å². The third-order valence-electron chi connectivity index (χ3n) is 4.52. The highest BCUT2D eigenvalue weighted by molar-refractivity contribution is 5.92. The van der Waals surface area contributed by atoms with Crippen LogP contribution in [0.5, 0.6) is 0 Å². The molecule has 11 heteroatoms. The summed E-state index contributed by atoms with van der Waals surface area (Å²) in [6.45, 7) is 0. The van der Waals surface area contributed by atoms with Crippen LogP contribution < -0.4 is 16.4 Å². The lowest BCUT2D eigenvalue weighted by Gasteiger charge is -2.23. The van der Waals surface area contributed by atoms with E-state index in [4.69, 9.17) is 10.8 Å². The molecule has 11 nitrogen and oxygen atoms in total. The van der Waals surface area contributed by atoms with Gasteiger partial charge in [0.2, 0.25) is 11.8 Å². The van der Waals surface area contributed by atoms with Gasteiger partial charge in [0.15, 0.2) is 0 Å². The summed E-state index contributed by atoms with van der Waals surface area (Å²) in [5.74, 6) is -3.73. The van der Waals surface area contributed by atoms with E-state index < -0.39 is 41.9 Å². The highest BCUT2D eigenvalue weighted by Gasteiger charge is 2.28. The maximum absolute atomic E-state index is 12.9. The van der Waals surface area contributed by atoms with Gasteiger partial charge in [-0.15, -0.1) is 0 Å². The normalized spacial score (nSPS) is 13.6. The summed E-state index contributed by atoms with van der Waals surface area (Å²) in [6, 6.07) is 5.38. The number of carboxylic acids is 2. The topological polar surface area (TPSA) is 188 Å². The van der Waals surface area contributed by atoms with Gasteiger partial charge in [-0.25, -0.2) is 9.78 Å². The van der Waals surface area contributed by atoms with Crippen molar-refractivity contribution in [3.8, 4) is 0 Å². The van der Waals surface area contributed by atoms with E-state index in [2.05, 4.69) is 20.6 Å². The average Bonchev–Trinajstić information content (AvgIpc) is 3.24. The van der Waals surface area contributed by atoms with E-state index in [0.717, 1.165) is 5.56 Å². The average molecular weight is 431 g/mol. The zero-order valence-electron chi connectivity index (χ0n) is 16.7. The number of hydrogen-bond acceptors (Lipinski definition) is 6. The molecule has 0 radical (unpaired) electrons. The Kier molecular flexibility index (Phi) is 8.70. The summed E-state index contributed by atoms with van der Waals surface area (Å²) in [5, 5.41) is 23.2. The number of carbonyl (C=O) groups is 4. The summed E-state index contributed by atoms with van der Waals surface area (Å²) in [7, 11) is 0. The fourth-order valence-electron chi connectivity index (χ4n) is 2.84. The number of nitrogens with zero attached hydrogens (tertiary/aromatic N) is 1. The van der Waals surface area contributed by atoms with Crippen LogP contribution in [-0.2, 0) is 32.0 Å². The summed E-state index contributed by atoms with van der Waals surface area (Å²) in [4.78, 5) is 54.2. The number of nitrogens with two attached hydrogens (primary N) is 1. The van der Waals surface area contributed by atoms with E-state index in [9.17, 15) is 24.3 Å². The Hall–Kier alpha value is -3.73. The number of nitrogens with one attached hydrogen (secondary N) is 3. The molecule has 2 rings (SSSR count). The van der Waals surface area contributed by atoms with Crippen molar-refractivity contribution in [3.05, 3.63) is 54.1 Å². The molecule has 1 heterocycles. The van der Waals surface area contributed by atoms with Gasteiger partial charge in [0.1, 0.15) is 12.1 Å². The minimum atomic E-state index is -1.25. The van der Waals surface area contributed by atoms with Gasteiger partial charge in [-0.05, 0) is 12.0 Å². The van der Waals surface area contributed by atoms with Crippen LogP contribution in [0, 0.1) is 0 Å². The minimum Gasteiger partial charge on any atom is -0.481 e. The van der Waals surface area contributed by atoms with Crippen molar-refractivity contribution in [2.75, 3.05) is 0 Å². The monoisotopic (exact) mass is 431 g/mol. The molecule has 0 saturated heterocycles. The van der Waals surface area contributed by atoms with Crippen molar-refractivity contribution in [2.45, 2.75) is 43.8 Å². The maximum Gasteiger partial charge on any atom is 0.326 e. The lowest BCUT2D eigenvalue weighted by molar-refractivity contribution is -0.142. The molecule has 166 valence electrons. The molecule has 0 spiro atoms. The van der Waals surface area contributed by atoms with Crippen LogP contribution in [-0.4, -0.2) is 62.1 Å². The number of imidazole rings is 1. The Morgan fingerprint density at radius 1 is 1.00 bits per heavy atom. The first-order valence-electron chi connectivity index (χ1n) is 9.58. The number of aromatic amines is 1. The molecule has 3 unspecified atom stereocenters. The number of amides is 2. The molecule has 0 aliphatic heterocycles. The quantitative estimate of drug-likeness (QED) is 0.258. The van der Waals surface area contributed by atoms with E-state index >= 15 is 0 Å². The van der Waals surface area contributed by atoms with E-state index in [1.54, 1.807) is 30.3 Å². The van der Waals surface area contributed by atoms with Crippen LogP contribution in [0.2, 0.25) is 0 Å². The standard InChI is InChI=1S/C20H25N5O6/c21-14(6-7-17(26)27)18(28)24-15(8-12-4-2-1-3-5-12)19(29)25-16(20(30)31)9-13-10-22-11-23-13/h1-5,10-11,14-16H,6-9,21H2,(H,22,23)(H,24,28)(H,25,29)(H,26,27)(H,30,31). The number of carboxylic acid groups (broad SMARTS) is 2. The van der Waals surface area contributed by atoms with E-state index in [1.807, 2.05) is 0 Å². The van der Waals surface area contributed by atoms with Crippen molar-refractivity contribution >= 4 is 23.8 Å². The van der Waals surface area contributed by atoms with Crippen LogP contribution in [0.1, 0.15) is 24.1 Å². The molecule has 0 aliphatic rings.